The first-order valence-corrected chi connectivity index (χ1v) is 11.7. The molecule has 0 bridgehead atoms. The van der Waals surface area contributed by atoms with Crippen LogP contribution in [0.3, 0.4) is 0 Å². The molecule has 0 saturated heterocycles. The maximum absolute atomic E-state index is 12.9. The Balaban J connectivity index is 2.22. The molecule has 0 aliphatic rings. The molecule has 0 heterocycles. The van der Waals surface area contributed by atoms with E-state index in [-0.39, 0.29) is 22.9 Å². The monoisotopic (exact) mass is 432 g/mol. The van der Waals surface area contributed by atoms with E-state index in [2.05, 4.69) is 5.32 Å². The first-order valence-electron chi connectivity index (χ1n) is 10.3. The van der Waals surface area contributed by atoms with Crippen LogP contribution in [-0.2, 0) is 10.0 Å². The summed E-state index contributed by atoms with van der Waals surface area (Å²) in [4.78, 5) is 13.0. The fraction of sp³-hybridized carbons (Fsp3) is 0.435. The van der Waals surface area contributed by atoms with Crippen LogP contribution in [0.1, 0.15) is 62.1 Å². The highest BCUT2D eigenvalue weighted by Gasteiger charge is 2.24. The quantitative estimate of drug-likeness (QED) is 0.641. The van der Waals surface area contributed by atoms with Gasteiger partial charge in [0.25, 0.3) is 5.91 Å². The number of amides is 1. The van der Waals surface area contributed by atoms with E-state index in [1.165, 1.54) is 10.4 Å². The van der Waals surface area contributed by atoms with Crippen molar-refractivity contribution < 1.29 is 17.9 Å². The van der Waals surface area contributed by atoms with Crippen molar-refractivity contribution in [2.45, 2.75) is 58.6 Å². The second-order valence-corrected chi connectivity index (χ2v) is 9.43. The lowest BCUT2D eigenvalue weighted by molar-refractivity contribution is 0.0939. The summed E-state index contributed by atoms with van der Waals surface area (Å²) in [5.74, 6) is 0.469. The molecule has 0 spiro atoms. The van der Waals surface area contributed by atoms with Crippen molar-refractivity contribution in [1.29, 1.82) is 0 Å². The van der Waals surface area contributed by atoms with E-state index in [4.69, 9.17) is 4.74 Å². The van der Waals surface area contributed by atoms with Crippen molar-refractivity contribution in [2.75, 3.05) is 13.1 Å². The molecular formula is C23H32N2O4S. The minimum Gasteiger partial charge on any atom is -0.491 e. The van der Waals surface area contributed by atoms with Gasteiger partial charge in [0.15, 0.2) is 0 Å². The van der Waals surface area contributed by atoms with Crippen molar-refractivity contribution in [2.24, 2.45) is 0 Å². The fourth-order valence-corrected chi connectivity index (χ4v) is 4.67. The Kier molecular flexibility index (Phi) is 8.03. The number of hydrogen-bond donors (Lipinski definition) is 1. The van der Waals surface area contributed by atoms with Gasteiger partial charge in [-0.05, 0) is 63.1 Å². The normalized spacial score (nSPS) is 12.8. The van der Waals surface area contributed by atoms with E-state index in [1.807, 2.05) is 45.0 Å². The lowest BCUT2D eigenvalue weighted by atomic mass is 10.1. The Morgan fingerprint density at radius 2 is 1.63 bits per heavy atom. The van der Waals surface area contributed by atoms with Crippen molar-refractivity contribution in [3.05, 3.63) is 59.2 Å². The van der Waals surface area contributed by atoms with Crippen LogP contribution >= 0.6 is 0 Å². The largest absolute Gasteiger partial charge is 0.491 e. The molecule has 2 aromatic rings. The van der Waals surface area contributed by atoms with Crippen LogP contribution in [0.15, 0.2) is 47.4 Å². The second kappa shape index (κ2) is 10.1. The highest BCUT2D eigenvalue weighted by molar-refractivity contribution is 7.89. The third kappa shape index (κ3) is 5.61. The van der Waals surface area contributed by atoms with Crippen molar-refractivity contribution >= 4 is 15.9 Å². The Hall–Kier alpha value is -2.38. The van der Waals surface area contributed by atoms with E-state index < -0.39 is 10.0 Å². The average molecular weight is 433 g/mol. The van der Waals surface area contributed by atoms with Gasteiger partial charge < -0.3 is 10.1 Å². The maximum Gasteiger partial charge on any atom is 0.252 e. The molecule has 0 aliphatic carbocycles. The maximum atomic E-state index is 12.9. The Morgan fingerprint density at radius 1 is 1.03 bits per heavy atom. The van der Waals surface area contributed by atoms with Crippen LogP contribution in [-0.4, -0.2) is 37.8 Å². The number of hydrogen-bond acceptors (Lipinski definition) is 4. The van der Waals surface area contributed by atoms with Gasteiger partial charge in [-0.1, -0.05) is 32.0 Å². The number of sulfonamides is 1. The van der Waals surface area contributed by atoms with Crippen LogP contribution in [0.5, 0.6) is 5.75 Å². The highest BCUT2D eigenvalue weighted by atomic mass is 32.2. The van der Waals surface area contributed by atoms with Gasteiger partial charge in [-0.3, -0.25) is 4.79 Å². The number of nitrogens with zero attached hydrogens (tertiary/aromatic N) is 1. The molecule has 0 aromatic heterocycles. The lowest BCUT2D eigenvalue weighted by Gasteiger charge is -2.20. The number of ether oxygens (including phenoxy) is 1. The van der Waals surface area contributed by atoms with Crippen molar-refractivity contribution in [1.82, 2.24) is 9.62 Å². The summed E-state index contributed by atoms with van der Waals surface area (Å²) in [5.41, 5.74) is 2.01. The molecule has 164 valence electrons. The van der Waals surface area contributed by atoms with Gasteiger partial charge in [0.1, 0.15) is 5.75 Å². The van der Waals surface area contributed by atoms with Crippen LogP contribution in [0, 0.1) is 6.92 Å². The van der Waals surface area contributed by atoms with E-state index in [0.29, 0.717) is 18.7 Å². The van der Waals surface area contributed by atoms with Gasteiger partial charge in [0.05, 0.1) is 17.0 Å². The van der Waals surface area contributed by atoms with Crippen LogP contribution in [0.4, 0.5) is 0 Å². The van der Waals surface area contributed by atoms with Crippen LogP contribution in [0.25, 0.3) is 0 Å². The predicted molar refractivity (Wildman–Crippen MR) is 119 cm³/mol. The van der Waals surface area contributed by atoms with E-state index in [0.717, 1.165) is 16.9 Å². The summed E-state index contributed by atoms with van der Waals surface area (Å²) in [6, 6.07) is 12.0. The topological polar surface area (TPSA) is 75.7 Å². The smallest absolute Gasteiger partial charge is 0.252 e. The first kappa shape index (κ1) is 23.9. The minimum atomic E-state index is -3.63. The number of rotatable bonds is 9. The number of carbonyl (C=O) groups excluding carboxylic acids is 1. The van der Waals surface area contributed by atoms with Crippen LogP contribution in [0.2, 0.25) is 0 Å². The summed E-state index contributed by atoms with van der Waals surface area (Å²) < 4.78 is 32.7. The first-order chi connectivity index (χ1) is 14.1. The molecule has 0 aliphatic heterocycles. The summed E-state index contributed by atoms with van der Waals surface area (Å²) in [7, 11) is -3.63. The molecule has 7 heteroatoms. The molecule has 1 atom stereocenters. The molecule has 2 aromatic carbocycles. The fourth-order valence-electron chi connectivity index (χ4n) is 3.18. The average Bonchev–Trinajstić information content (AvgIpc) is 2.68. The third-order valence-corrected chi connectivity index (χ3v) is 6.94. The van der Waals surface area contributed by atoms with Gasteiger partial charge >= 0.3 is 0 Å². The van der Waals surface area contributed by atoms with Crippen molar-refractivity contribution in [3.8, 4) is 5.75 Å². The molecule has 0 fully saturated rings. The van der Waals surface area contributed by atoms with E-state index in [9.17, 15) is 13.2 Å². The number of aryl methyl sites for hydroxylation is 1. The molecule has 2 rings (SSSR count). The molecule has 1 unspecified atom stereocenters. The molecule has 6 nitrogen and oxygen atoms in total. The summed E-state index contributed by atoms with van der Waals surface area (Å²) in [6.07, 6.45) is 0.0934. The predicted octanol–water partition coefficient (Wildman–Crippen LogP) is 4.30. The molecular weight excluding hydrogens is 400 g/mol. The zero-order valence-electron chi connectivity index (χ0n) is 18.6. The molecule has 1 N–H and O–H groups in total. The van der Waals surface area contributed by atoms with Gasteiger partial charge in [-0.2, -0.15) is 4.31 Å². The van der Waals surface area contributed by atoms with Crippen LogP contribution < -0.4 is 10.1 Å². The summed E-state index contributed by atoms with van der Waals surface area (Å²) >= 11 is 0. The summed E-state index contributed by atoms with van der Waals surface area (Å²) in [5, 5.41) is 2.96. The minimum absolute atomic E-state index is 0.0934. The SMILES string of the molecule is CCN(CC)S(=O)(=O)c1ccc(C)c(C(=O)NC(C)c2ccc(OC(C)C)cc2)c1. The number of nitrogens with one attached hydrogen (secondary N) is 1. The van der Waals surface area contributed by atoms with Gasteiger partial charge in [0.2, 0.25) is 10.0 Å². The van der Waals surface area contributed by atoms with E-state index in [1.54, 1.807) is 32.9 Å². The lowest BCUT2D eigenvalue weighted by Crippen LogP contribution is -2.31. The zero-order chi connectivity index (χ0) is 22.5. The third-order valence-electron chi connectivity index (χ3n) is 4.90. The summed E-state index contributed by atoms with van der Waals surface area (Å²) in [6.45, 7) is 12.0. The molecule has 30 heavy (non-hydrogen) atoms. The van der Waals surface area contributed by atoms with Crippen molar-refractivity contribution in [3.63, 3.8) is 0 Å². The standard InChI is InChI=1S/C23H32N2O4S/c1-7-25(8-2)30(27,28)21-14-9-17(5)22(15-21)23(26)24-18(6)19-10-12-20(13-11-19)29-16(3)4/h9-16,18H,7-8H2,1-6H3,(H,24,26). The molecule has 0 saturated carbocycles. The second-order valence-electron chi connectivity index (χ2n) is 7.50. The molecule has 1 amide bonds. The van der Waals surface area contributed by atoms with E-state index >= 15 is 0 Å². The Morgan fingerprint density at radius 3 is 2.17 bits per heavy atom. The zero-order valence-corrected chi connectivity index (χ0v) is 19.4. The number of carbonyl (C=O) groups is 1. The highest BCUT2D eigenvalue weighted by Crippen LogP contribution is 2.22. The number of benzene rings is 2. The Bertz CT molecular complexity index is 965. The Labute approximate surface area is 180 Å². The van der Waals surface area contributed by atoms with Gasteiger partial charge in [-0.25, -0.2) is 8.42 Å². The molecule has 0 radical (unpaired) electrons. The van der Waals surface area contributed by atoms with Gasteiger partial charge in [-0.15, -0.1) is 0 Å². The van der Waals surface area contributed by atoms with Gasteiger partial charge in [0, 0.05) is 18.7 Å².